The Balaban J connectivity index is 1.26. The van der Waals surface area contributed by atoms with E-state index in [1.807, 2.05) is 6.20 Å². The maximum atomic E-state index is 8.86. The van der Waals surface area contributed by atoms with Crippen LogP contribution in [-0.2, 0) is 6.42 Å². The first-order valence-corrected chi connectivity index (χ1v) is 11.7. The predicted molar refractivity (Wildman–Crippen MR) is 127 cm³/mol. The average molecular weight is 420 g/mol. The van der Waals surface area contributed by atoms with Crippen LogP contribution in [0, 0.1) is 0 Å². The molecular weight excluding hydrogens is 386 g/mol. The van der Waals surface area contributed by atoms with Gasteiger partial charge in [-0.25, -0.2) is 0 Å². The number of anilines is 1. The van der Waals surface area contributed by atoms with Crippen LogP contribution in [0.3, 0.4) is 0 Å². The zero-order chi connectivity index (χ0) is 21.0. The quantitative estimate of drug-likeness (QED) is 0.465. The van der Waals surface area contributed by atoms with Crippen LogP contribution in [0.2, 0.25) is 0 Å². The van der Waals surface area contributed by atoms with Crippen LogP contribution in [0.5, 0.6) is 0 Å². The number of nitrogens with zero attached hydrogens (tertiary/aromatic N) is 3. The molecule has 1 saturated carbocycles. The molecule has 1 aliphatic heterocycles. The minimum Gasteiger partial charge on any atom is -0.395 e. The molecule has 2 aromatic heterocycles. The molecule has 0 amide bonds. The predicted octanol–water partition coefficient (Wildman–Crippen LogP) is 3.03. The monoisotopic (exact) mass is 419 g/mol. The lowest BCUT2D eigenvalue weighted by Gasteiger charge is -2.36. The molecule has 3 N–H and O–H groups in total. The number of nitrogens with one attached hydrogen (secondary N) is 2. The van der Waals surface area contributed by atoms with Crippen LogP contribution in [-0.4, -0.2) is 71.9 Å². The van der Waals surface area contributed by atoms with Gasteiger partial charge in [0.1, 0.15) is 0 Å². The Hall–Kier alpha value is -2.41. The van der Waals surface area contributed by atoms with Crippen LogP contribution in [0.1, 0.15) is 25.0 Å². The summed E-state index contributed by atoms with van der Waals surface area (Å²) >= 11 is 0. The van der Waals surface area contributed by atoms with Crippen molar-refractivity contribution in [2.75, 3.05) is 50.8 Å². The number of aryl methyl sites for hydroxylation is 1. The molecule has 31 heavy (non-hydrogen) atoms. The fourth-order valence-corrected chi connectivity index (χ4v) is 4.70. The van der Waals surface area contributed by atoms with E-state index in [0.29, 0.717) is 6.54 Å². The number of hydrogen-bond donors (Lipinski definition) is 3. The molecule has 6 heteroatoms. The Kier molecular flexibility index (Phi) is 6.20. The lowest BCUT2D eigenvalue weighted by molar-refractivity contribution is 0.248. The molecule has 3 heterocycles. The van der Waals surface area contributed by atoms with Crippen LogP contribution in [0.15, 0.2) is 42.6 Å². The maximum absolute atomic E-state index is 8.86. The highest BCUT2D eigenvalue weighted by Crippen LogP contribution is 2.31. The second-order valence-electron chi connectivity index (χ2n) is 8.79. The summed E-state index contributed by atoms with van der Waals surface area (Å²) in [5, 5.41) is 13.3. The largest absolute Gasteiger partial charge is 0.395 e. The van der Waals surface area contributed by atoms with Gasteiger partial charge in [-0.2, -0.15) is 0 Å². The Labute approximate surface area is 184 Å². The highest BCUT2D eigenvalue weighted by molar-refractivity contribution is 5.93. The number of aliphatic hydroxyl groups excluding tert-OH is 1. The first-order valence-electron chi connectivity index (χ1n) is 11.7. The number of aliphatic hydroxyl groups is 1. The molecule has 164 valence electrons. The standard InChI is InChI=1S/C25H33N5O/c31-17-12-26-10-1-2-20-18-23-24(28-20)9-11-27-25(23)19-3-5-21(6-4-19)29-13-15-30(16-14-29)22-7-8-22/h3-6,9,11,18,22,26,28,31H,1-2,7-8,10,12-17H2. The zero-order valence-electron chi connectivity index (χ0n) is 18.2. The Morgan fingerprint density at radius 1 is 1.03 bits per heavy atom. The molecule has 2 aliphatic rings. The number of hydrogen-bond acceptors (Lipinski definition) is 5. The Bertz CT molecular complexity index is 987. The van der Waals surface area contributed by atoms with Crippen molar-refractivity contribution in [2.24, 2.45) is 0 Å². The third kappa shape index (κ3) is 4.76. The summed E-state index contributed by atoms with van der Waals surface area (Å²) in [7, 11) is 0. The molecule has 1 aliphatic carbocycles. The summed E-state index contributed by atoms with van der Waals surface area (Å²) in [6, 6.07) is 14.1. The van der Waals surface area contributed by atoms with Crippen LogP contribution in [0.4, 0.5) is 5.69 Å². The summed E-state index contributed by atoms with van der Waals surface area (Å²) < 4.78 is 0. The molecule has 1 saturated heterocycles. The molecule has 0 bridgehead atoms. The van der Waals surface area contributed by atoms with E-state index in [0.717, 1.165) is 49.7 Å². The number of benzene rings is 1. The summed E-state index contributed by atoms with van der Waals surface area (Å²) in [4.78, 5) is 13.4. The number of piperazine rings is 1. The molecule has 0 unspecified atom stereocenters. The maximum Gasteiger partial charge on any atom is 0.0795 e. The van der Waals surface area contributed by atoms with Gasteiger partial charge in [0, 0.05) is 72.8 Å². The smallest absolute Gasteiger partial charge is 0.0795 e. The van der Waals surface area contributed by atoms with Gasteiger partial charge in [0.25, 0.3) is 0 Å². The third-order valence-electron chi connectivity index (χ3n) is 6.58. The van der Waals surface area contributed by atoms with Crippen LogP contribution in [0.25, 0.3) is 22.2 Å². The van der Waals surface area contributed by atoms with Gasteiger partial charge >= 0.3 is 0 Å². The van der Waals surface area contributed by atoms with Gasteiger partial charge in [0.05, 0.1) is 12.3 Å². The second kappa shape index (κ2) is 9.39. The van der Waals surface area contributed by atoms with Gasteiger partial charge in [-0.15, -0.1) is 0 Å². The van der Waals surface area contributed by atoms with E-state index in [1.54, 1.807) is 0 Å². The van der Waals surface area contributed by atoms with E-state index in [4.69, 9.17) is 10.1 Å². The number of aromatic nitrogens is 2. The molecule has 0 spiro atoms. The fraction of sp³-hybridized carbons (Fsp3) is 0.480. The lowest BCUT2D eigenvalue weighted by Crippen LogP contribution is -2.47. The number of rotatable bonds is 9. The first kappa shape index (κ1) is 20.5. The molecule has 0 radical (unpaired) electrons. The van der Waals surface area contributed by atoms with Gasteiger partial charge < -0.3 is 20.3 Å². The summed E-state index contributed by atoms with van der Waals surface area (Å²) in [5.74, 6) is 0. The van der Waals surface area contributed by atoms with E-state index in [1.165, 1.54) is 48.3 Å². The Morgan fingerprint density at radius 3 is 2.58 bits per heavy atom. The van der Waals surface area contributed by atoms with Crippen molar-refractivity contribution in [1.82, 2.24) is 20.2 Å². The lowest BCUT2D eigenvalue weighted by atomic mass is 10.1. The van der Waals surface area contributed by atoms with Crippen molar-refractivity contribution in [3.63, 3.8) is 0 Å². The minimum absolute atomic E-state index is 0.191. The van der Waals surface area contributed by atoms with E-state index < -0.39 is 0 Å². The van der Waals surface area contributed by atoms with Gasteiger partial charge in [0.15, 0.2) is 0 Å². The van der Waals surface area contributed by atoms with Crippen LogP contribution < -0.4 is 10.2 Å². The molecular formula is C25H33N5O. The van der Waals surface area contributed by atoms with E-state index in [9.17, 15) is 0 Å². The second-order valence-corrected chi connectivity index (χ2v) is 8.79. The van der Waals surface area contributed by atoms with Crippen molar-refractivity contribution >= 4 is 16.6 Å². The molecule has 0 atom stereocenters. The number of aromatic amines is 1. The SMILES string of the molecule is OCCNCCCc1cc2c(-c3ccc(N4CCN(C5CC5)CC4)cc3)nccc2[nH]1. The van der Waals surface area contributed by atoms with Crippen molar-refractivity contribution < 1.29 is 5.11 Å². The normalized spacial score (nSPS) is 17.5. The van der Waals surface area contributed by atoms with E-state index >= 15 is 0 Å². The van der Waals surface area contributed by atoms with Gasteiger partial charge in [-0.1, -0.05) is 12.1 Å². The van der Waals surface area contributed by atoms with Crippen molar-refractivity contribution in [1.29, 1.82) is 0 Å². The molecule has 2 fully saturated rings. The third-order valence-corrected chi connectivity index (χ3v) is 6.58. The first-order chi connectivity index (χ1) is 15.3. The van der Waals surface area contributed by atoms with Gasteiger partial charge in [-0.3, -0.25) is 9.88 Å². The summed E-state index contributed by atoms with van der Waals surface area (Å²) in [6.45, 7) is 6.39. The minimum atomic E-state index is 0.191. The van der Waals surface area contributed by atoms with Crippen molar-refractivity contribution in [2.45, 2.75) is 31.7 Å². The average Bonchev–Trinajstić information content (AvgIpc) is 3.58. The van der Waals surface area contributed by atoms with E-state index in [2.05, 4.69) is 56.5 Å². The van der Waals surface area contributed by atoms with Crippen LogP contribution >= 0.6 is 0 Å². The molecule has 6 nitrogen and oxygen atoms in total. The topological polar surface area (TPSA) is 67.4 Å². The zero-order valence-corrected chi connectivity index (χ0v) is 18.2. The van der Waals surface area contributed by atoms with Crippen molar-refractivity contribution in [3.05, 3.63) is 48.3 Å². The molecule has 1 aromatic carbocycles. The fourth-order valence-electron chi connectivity index (χ4n) is 4.70. The summed E-state index contributed by atoms with van der Waals surface area (Å²) in [5.41, 5.74) is 5.91. The summed E-state index contributed by atoms with van der Waals surface area (Å²) in [6.07, 6.45) is 6.71. The van der Waals surface area contributed by atoms with Gasteiger partial charge in [-0.05, 0) is 56.5 Å². The molecule has 5 rings (SSSR count). The highest BCUT2D eigenvalue weighted by Gasteiger charge is 2.31. The van der Waals surface area contributed by atoms with Gasteiger partial charge in [0.2, 0.25) is 0 Å². The number of fused-ring (bicyclic) bond motifs is 1. The van der Waals surface area contributed by atoms with E-state index in [-0.39, 0.29) is 6.61 Å². The molecule has 3 aromatic rings. The number of H-pyrrole nitrogens is 1. The highest BCUT2D eigenvalue weighted by atomic mass is 16.3. The van der Waals surface area contributed by atoms with Crippen molar-refractivity contribution in [3.8, 4) is 11.3 Å². The Morgan fingerprint density at radius 2 is 1.84 bits per heavy atom. The number of pyridine rings is 1.